The minimum absolute atomic E-state index is 0.181. The molecule has 0 saturated heterocycles. The van der Waals surface area contributed by atoms with Crippen LogP contribution in [0.15, 0.2) is 30.6 Å². The van der Waals surface area contributed by atoms with E-state index in [4.69, 9.17) is 4.74 Å². The van der Waals surface area contributed by atoms with Crippen molar-refractivity contribution in [3.8, 4) is 0 Å². The molecule has 152 valence electrons. The monoisotopic (exact) mass is 394 g/mol. The first-order valence-corrected chi connectivity index (χ1v) is 10.0. The molecule has 0 saturated carbocycles. The lowest BCUT2D eigenvalue weighted by atomic mass is 9.99. The van der Waals surface area contributed by atoms with Crippen LogP contribution in [0.4, 0.5) is 11.6 Å². The molecular formula is C21H26N6O2. The molecule has 8 heteroatoms. The Kier molecular flexibility index (Phi) is 5.71. The van der Waals surface area contributed by atoms with Crippen LogP contribution < -0.4 is 5.32 Å². The van der Waals surface area contributed by atoms with Gasteiger partial charge in [-0.25, -0.2) is 9.67 Å². The molecule has 8 nitrogen and oxygen atoms in total. The molecule has 0 atom stereocenters. The van der Waals surface area contributed by atoms with Crippen LogP contribution in [0.5, 0.6) is 0 Å². The van der Waals surface area contributed by atoms with Gasteiger partial charge < -0.3 is 15.0 Å². The fourth-order valence-electron chi connectivity index (χ4n) is 3.60. The van der Waals surface area contributed by atoms with Crippen molar-refractivity contribution in [2.24, 2.45) is 0 Å². The van der Waals surface area contributed by atoms with Crippen LogP contribution in [-0.4, -0.2) is 50.8 Å². The molecule has 3 aromatic rings. The summed E-state index contributed by atoms with van der Waals surface area (Å²) in [5.41, 5.74) is 4.48. The molecule has 0 bridgehead atoms. The number of fused-ring (bicyclic) bond motifs is 2. The van der Waals surface area contributed by atoms with E-state index in [1.165, 1.54) is 11.1 Å². The van der Waals surface area contributed by atoms with Crippen LogP contribution in [0.1, 0.15) is 30.9 Å². The highest BCUT2D eigenvalue weighted by Crippen LogP contribution is 2.24. The van der Waals surface area contributed by atoms with Crippen LogP contribution in [0.2, 0.25) is 0 Å². The fraction of sp³-hybridized carbons (Fsp3) is 0.429. The number of nitrogens with zero attached hydrogens (tertiary/aromatic N) is 5. The Labute approximate surface area is 169 Å². The van der Waals surface area contributed by atoms with Gasteiger partial charge in [-0.3, -0.25) is 4.79 Å². The third kappa shape index (κ3) is 4.54. The highest BCUT2D eigenvalue weighted by atomic mass is 16.5. The van der Waals surface area contributed by atoms with E-state index < -0.39 is 0 Å². The summed E-state index contributed by atoms with van der Waals surface area (Å²) in [6.07, 6.45) is 5.62. The molecule has 0 spiro atoms. The number of nitrogens with one attached hydrogen (secondary N) is 1. The fourth-order valence-corrected chi connectivity index (χ4v) is 3.60. The van der Waals surface area contributed by atoms with E-state index in [0.29, 0.717) is 31.9 Å². The second-order valence-corrected chi connectivity index (χ2v) is 7.35. The number of ether oxygens (including phenoxy) is 1. The molecule has 0 aliphatic carbocycles. The largest absolute Gasteiger partial charge is 0.466 e. The van der Waals surface area contributed by atoms with Gasteiger partial charge in [0.1, 0.15) is 0 Å². The van der Waals surface area contributed by atoms with E-state index >= 15 is 0 Å². The third-order valence-electron chi connectivity index (χ3n) is 5.10. The quantitative estimate of drug-likeness (QED) is 0.617. The first-order valence-electron chi connectivity index (χ1n) is 10.0. The first-order chi connectivity index (χ1) is 14.1. The Balaban J connectivity index is 1.47. The molecule has 29 heavy (non-hydrogen) atoms. The number of esters is 1. The Morgan fingerprint density at radius 3 is 3.03 bits per heavy atom. The van der Waals surface area contributed by atoms with Crippen molar-refractivity contribution < 1.29 is 9.53 Å². The Morgan fingerprint density at radius 1 is 1.28 bits per heavy atom. The summed E-state index contributed by atoms with van der Waals surface area (Å²) < 4.78 is 6.78. The summed E-state index contributed by atoms with van der Waals surface area (Å²) in [6.45, 7) is 4.87. The normalized spacial score (nSPS) is 14.0. The Morgan fingerprint density at radius 2 is 2.17 bits per heavy atom. The van der Waals surface area contributed by atoms with Gasteiger partial charge in [0.25, 0.3) is 0 Å². The molecule has 3 heterocycles. The molecule has 1 aliphatic rings. The molecule has 1 aliphatic heterocycles. The van der Waals surface area contributed by atoms with Gasteiger partial charge in [0.05, 0.1) is 18.2 Å². The van der Waals surface area contributed by atoms with Crippen LogP contribution in [0.3, 0.4) is 0 Å². The maximum Gasteiger partial charge on any atom is 0.305 e. The predicted octanol–water partition coefficient (Wildman–Crippen LogP) is 2.90. The lowest BCUT2D eigenvalue weighted by Crippen LogP contribution is -2.26. The zero-order valence-corrected chi connectivity index (χ0v) is 16.9. The molecule has 0 radical (unpaired) electrons. The summed E-state index contributed by atoms with van der Waals surface area (Å²) in [4.78, 5) is 22.9. The van der Waals surface area contributed by atoms with Gasteiger partial charge in [-0.15, -0.1) is 0 Å². The van der Waals surface area contributed by atoms with Crippen LogP contribution >= 0.6 is 0 Å². The van der Waals surface area contributed by atoms with Crippen molar-refractivity contribution in [1.82, 2.24) is 24.6 Å². The SMILES string of the molecule is CCOC(=O)CCCn1ncc2cnc(Nc3ccc4c(c3)CN(C)CC4)nc21. The van der Waals surface area contributed by atoms with E-state index in [1.807, 2.05) is 11.6 Å². The number of carbonyl (C=O) groups excluding carboxylic acids is 1. The van der Waals surface area contributed by atoms with E-state index in [0.717, 1.165) is 36.2 Å². The van der Waals surface area contributed by atoms with E-state index in [1.54, 1.807) is 12.4 Å². The molecule has 4 rings (SSSR count). The third-order valence-corrected chi connectivity index (χ3v) is 5.10. The molecule has 2 aromatic heterocycles. The maximum absolute atomic E-state index is 11.5. The topological polar surface area (TPSA) is 85.2 Å². The van der Waals surface area contributed by atoms with Gasteiger partial charge in [-0.05, 0) is 50.1 Å². The van der Waals surface area contributed by atoms with E-state index in [2.05, 4.69) is 50.5 Å². The number of carbonyl (C=O) groups is 1. The molecule has 1 aromatic carbocycles. The van der Waals surface area contributed by atoms with Crippen LogP contribution in [0, 0.1) is 0 Å². The molecular weight excluding hydrogens is 368 g/mol. The van der Waals surface area contributed by atoms with Gasteiger partial charge in [0.15, 0.2) is 5.65 Å². The highest BCUT2D eigenvalue weighted by Gasteiger charge is 2.14. The minimum Gasteiger partial charge on any atom is -0.466 e. The zero-order valence-electron chi connectivity index (χ0n) is 16.9. The van der Waals surface area contributed by atoms with Crippen molar-refractivity contribution in [1.29, 1.82) is 0 Å². The second kappa shape index (κ2) is 8.57. The molecule has 0 fully saturated rings. The molecule has 1 N–H and O–H groups in total. The second-order valence-electron chi connectivity index (χ2n) is 7.35. The predicted molar refractivity (Wildman–Crippen MR) is 111 cm³/mol. The Bertz CT molecular complexity index is 1020. The van der Waals surface area contributed by atoms with Crippen molar-refractivity contribution in [2.75, 3.05) is 25.5 Å². The van der Waals surface area contributed by atoms with Crippen molar-refractivity contribution in [3.05, 3.63) is 41.7 Å². The summed E-state index contributed by atoms with van der Waals surface area (Å²) in [5.74, 6) is 0.354. The van der Waals surface area contributed by atoms with Gasteiger partial charge in [-0.1, -0.05) is 6.07 Å². The zero-order chi connectivity index (χ0) is 20.2. The van der Waals surface area contributed by atoms with Crippen LogP contribution in [-0.2, 0) is 29.0 Å². The standard InChI is InChI=1S/C21H26N6O2/c1-3-29-19(28)5-4-9-27-20-17(13-23-27)12-22-21(25-20)24-18-7-6-15-8-10-26(2)14-16(15)11-18/h6-7,11-13H,3-5,8-10,14H2,1-2H3,(H,22,24,25). The lowest BCUT2D eigenvalue weighted by molar-refractivity contribution is -0.143. The maximum atomic E-state index is 11.5. The van der Waals surface area contributed by atoms with Gasteiger partial charge in [-0.2, -0.15) is 10.1 Å². The minimum atomic E-state index is -0.181. The van der Waals surface area contributed by atoms with Gasteiger partial charge in [0.2, 0.25) is 5.95 Å². The number of anilines is 2. The van der Waals surface area contributed by atoms with Gasteiger partial charge >= 0.3 is 5.97 Å². The summed E-state index contributed by atoms with van der Waals surface area (Å²) in [6, 6.07) is 6.44. The molecule has 0 amide bonds. The summed E-state index contributed by atoms with van der Waals surface area (Å²) in [5, 5.41) is 8.57. The number of likely N-dealkylation sites (N-methyl/N-ethyl adjacent to an activating group) is 1. The van der Waals surface area contributed by atoms with E-state index in [-0.39, 0.29) is 5.97 Å². The van der Waals surface area contributed by atoms with Crippen LogP contribution in [0.25, 0.3) is 11.0 Å². The smallest absolute Gasteiger partial charge is 0.305 e. The average Bonchev–Trinajstić information content (AvgIpc) is 3.10. The Hall–Kier alpha value is -3.00. The lowest BCUT2D eigenvalue weighted by Gasteiger charge is -2.25. The van der Waals surface area contributed by atoms with E-state index in [9.17, 15) is 4.79 Å². The average molecular weight is 394 g/mol. The van der Waals surface area contributed by atoms with Crippen molar-refractivity contribution in [2.45, 2.75) is 39.3 Å². The number of benzene rings is 1. The number of aryl methyl sites for hydroxylation is 1. The summed E-state index contributed by atoms with van der Waals surface area (Å²) in [7, 11) is 2.14. The van der Waals surface area contributed by atoms with Crippen molar-refractivity contribution >= 4 is 28.6 Å². The molecule has 0 unspecified atom stereocenters. The van der Waals surface area contributed by atoms with Crippen molar-refractivity contribution in [3.63, 3.8) is 0 Å². The summed E-state index contributed by atoms with van der Waals surface area (Å²) >= 11 is 0. The number of hydrogen-bond acceptors (Lipinski definition) is 7. The number of rotatable bonds is 7. The highest BCUT2D eigenvalue weighted by molar-refractivity contribution is 5.75. The number of aromatic nitrogens is 4. The van der Waals surface area contributed by atoms with Gasteiger partial charge in [0, 0.05) is 37.9 Å². The number of hydrogen-bond donors (Lipinski definition) is 1. The first kappa shape index (κ1) is 19.3.